The Morgan fingerprint density at radius 2 is 1.50 bits per heavy atom. The second-order valence-corrected chi connectivity index (χ2v) is 6.47. The van der Waals surface area contributed by atoms with Gasteiger partial charge in [-0.15, -0.1) is 0 Å². The van der Waals surface area contributed by atoms with E-state index in [0.717, 1.165) is 23.7 Å². The lowest BCUT2D eigenvalue weighted by molar-refractivity contribution is -0.137. The van der Waals surface area contributed by atoms with Crippen molar-refractivity contribution in [1.29, 1.82) is 0 Å². The number of nitrogens with zero attached hydrogens (tertiary/aromatic N) is 2. The zero-order valence-electron chi connectivity index (χ0n) is 14.1. The summed E-state index contributed by atoms with van der Waals surface area (Å²) in [6.45, 7) is 0. The summed E-state index contributed by atoms with van der Waals surface area (Å²) in [6.07, 6.45) is -4.54. The molecule has 0 atom stereocenters. The fraction of sp³-hybridized carbons (Fsp3) is 0.0500. The molecule has 4 nitrogen and oxygen atoms in total. The van der Waals surface area contributed by atoms with E-state index in [1.54, 1.807) is 12.1 Å². The predicted octanol–water partition coefficient (Wildman–Crippen LogP) is 5.71. The van der Waals surface area contributed by atoms with Gasteiger partial charge >= 0.3 is 6.18 Å². The third kappa shape index (κ3) is 3.48. The maximum atomic E-state index is 12.9. The number of hydrogen-bond donors (Lipinski definition) is 1. The lowest BCUT2D eigenvalue weighted by atomic mass is 10.1. The van der Waals surface area contributed by atoms with E-state index in [-0.39, 0.29) is 16.3 Å². The highest BCUT2D eigenvalue weighted by Gasteiger charge is 2.31. The van der Waals surface area contributed by atoms with E-state index in [2.05, 4.69) is 15.3 Å². The minimum atomic E-state index is -4.54. The van der Waals surface area contributed by atoms with Gasteiger partial charge in [0.25, 0.3) is 5.91 Å². The Hall–Kier alpha value is -3.19. The summed E-state index contributed by atoms with van der Waals surface area (Å²) >= 11 is 5.93. The predicted molar refractivity (Wildman–Crippen MR) is 101 cm³/mol. The third-order valence-corrected chi connectivity index (χ3v) is 4.47. The summed E-state index contributed by atoms with van der Waals surface area (Å²) in [7, 11) is 0. The van der Waals surface area contributed by atoms with Crippen molar-refractivity contribution in [2.75, 3.05) is 5.32 Å². The van der Waals surface area contributed by atoms with Gasteiger partial charge in [0.2, 0.25) is 0 Å². The monoisotopic (exact) mass is 401 g/mol. The van der Waals surface area contributed by atoms with Crippen molar-refractivity contribution in [2.45, 2.75) is 6.18 Å². The molecule has 0 radical (unpaired) electrons. The Labute approximate surface area is 162 Å². The van der Waals surface area contributed by atoms with Crippen LogP contribution in [0.4, 0.5) is 18.9 Å². The number of halogens is 4. The number of alkyl halides is 3. The summed E-state index contributed by atoms with van der Waals surface area (Å²) in [5, 5.41) is 2.43. The van der Waals surface area contributed by atoms with Gasteiger partial charge in [0, 0.05) is 5.56 Å². The molecule has 0 fully saturated rings. The van der Waals surface area contributed by atoms with Crippen molar-refractivity contribution in [2.24, 2.45) is 0 Å². The van der Waals surface area contributed by atoms with Gasteiger partial charge in [0.05, 0.1) is 38.3 Å². The molecule has 140 valence electrons. The summed E-state index contributed by atoms with van der Waals surface area (Å²) in [5.74, 6) is -0.599. The van der Waals surface area contributed by atoms with E-state index in [0.29, 0.717) is 16.6 Å². The first-order chi connectivity index (χ1) is 13.3. The largest absolute Gasteiger partial charge is 0.416 e. The molecule has 0 aliphatic carbocycles. The van der Waals surface area contributed by atoms with Crippen LogP contribution in [-0.2, 0) is 6.18 Å². The maximum Gasteiger partial charge on any atom is 0.416 e. The highest BCUT2D eigenvalue weighted by Crippen LogP contribution is 2.34. The number of para-hydroxylation sites is 2. The van der Waals surface area contributed by atoms with Gasteiger partial charge in [-0.2, -0.15) is 13.2 Å². The average molecular weight is 402 g/mol. The van der Waals surface area contributed by atoms with Crippen LogP contribution in [0, 0.1) is 0 Å². The minimum Gasteiger partial charge on any atom is -0.321 e. The lowest BCUT2D eigenvalue weighted by Crippen LogP contribution is -2.13. The third-order valence-electron chi connectivity index (χ3n) is 4.14. The molecule has 0 spiro atoms. The number of benzene rings is 3. The molecule has 0 aliphatic heterocycles. The molecule has 4 rings (SSSR count). The van der Waals surface area contributed by atoms with Crippen molar-refractivity contribution in [1.82, 2.24) is 9.97 Å². The van der Waals surface area contributed by atoms with Crippen LogP contribution < -0.4 is 5.32 Å². The van der Waals surface area contributed by atoms with Crippen LogP contribution in [-0.4, -0.2) is 15.9 Å². The summed E-state index contributed by atoms with van der Waals surface area (Å²) in [5.41, 5.74) is 1.71. The second kappa shape index (κ2) is 6.76. The summed E-state index contributed by atoms with van der Waals surface area (Å²) < 4.78 is 38.7. The molecule has 0 saturated carbocycles. The van der Waals surface area contributed by atoms with Gasteiger partial charge in [-0.25, -0.2) is 9.97 Å². The minimum absolute atomic E-state index is 0.00734. The van der Waals surface area contributed by atoms with E-state index in [1.807, 2.05) is 18.2 Å². The second-order valence-electron chi connectivity index (χ2n) is 6.06. The number of carbonyl (C=O) groups is 1. The molecular weight excluding hydrogens is 391 g/mol. The molecular formula is C20H11ClF3N3O. The normalized spacial score (nSPS) is 11.7. The number of fused-ring (bicyclic) bond motifs is 2. The smallest absolute Gasteiger partial charge is 0.321 e. The first-order valence-corrected chi connectivity index (χ1v) is 8.54. The highest BCUT2D eigenvalue weighted by atomic mass is 35.5. The van der Waals surface area contributed by atoms with Gasteiger partial charge in [-0.1, -0.05) is 23.7 Å². The van der Waals surface area contributed by atoms with Crippen molar-refractivity contribution < 1.29 is 18.0 Å². The Bertz CT molecular complexity index is 1220. The SMILES string of the molecule is O=C(Nc1cc(C(F)(F)F)ccc1Cl)c1ccc2nc3ccccc3nc2c1. The molecule has 1 amide bonds. The zero-order valence-corrected chi connectivity index (χ0v) is 14.8. The molecule has 28 heavy (non-hydrogen) atoms. The summed E-state index contributed by atoms with van der Waals surface area (Å²) in [4.78, 5) is 21.5. The van der Waals surface area contributed by atoms with Crippen molar-refractivity contribution in [3.8, 4) is 0 Å². The number of hydrogen-bond acceptors (Lipinski definition) is 3. The van der Waals surface area contributed by atoms with Crippen molar-refractivity contribution in [3.05, 3.63) is 76.8 Å². The number of amides is 1. The highest BCUT2D eigenvalue weighted by molar-refractivity contribution is 6.34. The van der Waals surface area contributed by atoms with E-state index < -0.39 is 17.6 Å². The standard InChI is InChI=1S/C20H11ClF3N3O/c21-13-7-6-12(20(22,23)24)10-17(13)27-19(28)11-5-8-16-18(9-11)26-15-4-2-1-3-14(15)25-16/h1-10H,(H,27,28). The van der Waals surface area contributed by atoms with Crippen LogP contribution in [0.3, 0.4) is 0 Å². The molecule has 1 N–H and O–H groups in total. The Kier molecular flexibility index (Phi) is 4.39. The number of anilines is 1. The Balaban J connectivity index is 1.68. The lowest BCUT2D eigenvalue weighted by Gasteiger charge is -2.12. The molecule has 0 saturated heterocycles. The van der Waals surface area contributed by atoms with Crippen LogP contribution in [0.2, 0.25) is 5.02 Å². The Morgan fingerprint density at radius 3 is 2.18 bits per heavy atom. The van der Waals surface area contributed by atoms with E-state index in [9.17, 15) is 18.0 Å². The van der Waals surface area contributed by atoms with Gasteiger partial charge in [0.15, 0.2) is 0 Å². The van der Waals surface area contributed by atoms with Crippen LogP contribution in [0.15, 0.2) is 60.7 Å². The maximum absolute atomic E-state index is 12.9. The van der Waals surface area contributed by atoms with Gasteiger partial charge in [-0.3, -0.25) is 4.79 Å². The number of rotatable bonds is 2. The van der Waals surface area contributed by atoms with Crippen molar-refractivity contribution in [3.63, 3.8) is 0 Å². The molecule has 0 unspecified atom stereocenters. The van der Waals surface area contributed by atoms with E-state index in [1.165, 1.54) is 12.1 Å². The molecule has 3 aromatic carbocycles. The molecule has 8 heteroatoms. The van der Waals surface area contributed by atoms with E-state index >= 15 is 0 Å². The van der Waals surface area contributed by atoms with E-state index in [4.69, 9.17) is 11.6 Å². The van der Waals surface area contributed by atoms with Gasteiger partial charge in [0.1, 0.15) is 0 Å². The topological polar surface area (TPSA) is 54.9 Å². The summed E-state index contributed by atoms with van der Waals surface area (Å²) in [6, 6.07) is 14.8. The fourth-order valence-electron chi connectivity index (χ4n) is 2.75. The molecule has 4 aromatic rings. The molecule has 1 heterocycles. The van der Waals surface area contributed by atoms with Crippen LogP contribution in [0.1, 0.15) is 15.9 Å². The fourth-order valence-corrected chi connectivity index (χ4v) is 2.92. The Morgan fingerprint density at radius 1 is 0.857 bits per heavy atom. The van der Waals surface area contributed by atoms with Gasteiger partial charge in [-0.05, 0) is 48.5 Å². The first-order valence-electron chi connectivity index (χ1n) is 8.16. The first kappa shape index (κ1) is 18.2. The van der Waals surface area contributed by atoms with Gasteiger partial charge < -0.3 is 5.32 Å². The molecule has 0 aliphatic rings. The zero-order chi connectivity index (χ0) is 19.9. The number of aromatic nitrogens is 2. The van der Waals surface area contributed by atoms with Crippen molar-refractivity contribution >= 4 is 45.3 Å². The number of nitrogens with one attached hydrogen (secondary N) is 1. The van der Waals surface area contributed by atoms with Crippen LogP contribution in [0.5, 0.6) is 0 Å². The van der Waals surface area contributed by atoms with Crippen LogP contribution in [0.25, 0.3) is 22.1 Å². The average Bonchev–Trinajstić information content (AvgIpc) is 2.66. The molecule has 1 aromatic heterocycles. The quantitative estimate of drug-likeness (QED) is 0.438. The number of carbonyl (C=O) groups excluding carboxylic acids is 1. The van der Waals surface area contributed by atoms with Crippen LogP contribution >= 0.6 is 11.6 Å². The molecule has 0 bridgehead atoms.